The quantitative estimate of drug-likeness (QED) is 0.468. The van der Waals surface area contributed by atoms with E-state index in [4.69, 9.17) is 0 Å². The average molecular weight is 443 g/mol. The van der Waals surface area contributed by atoms with Crippen molar-refractivity contribution in [3.05, 3.63) is 12.2 Å². The minimum atomic E-state index is -0.532. The predicted octanol–water partition coefficient (Wildman–Crippen LogP) is 6.70. The lowest BCUT2D eigenvalue weighted by atomic mass is 9.36. The molecule has 5 aliphatic rings. The zero-order valence-electron chi connectivity index (χ0n) is 21.1. The molecule has 10 atom stereocenters. The van der Waals surface area contributed by atoms with Gasteiger partial charge in [0.1, 0.15) is 0 Å². The smallest absolute Gasteiger partial charge is 0.309 e. The molecular weight excluding hydrogens is 396 g/mol. The van der Waals surface area contributed by atoms with Crippen LogP contribution in [0.2, 0.25) is 0 Å². The van der Waals surface area contributed by atoms with Crippen LogP contribution in [0, 0.1) is 57.2 Å². The molecule has 0 aliphatic heterocycles. The molecule has 5 saturated carbocycles. The number of aliphatic hydroxyl groups is 1. The van der Waals surface area contributed by atoms with Crippen LogP contribution in [0.4, 0.5) is 0 Å². The van der Waals surface area contributed by atoms with E-state index in [-0.39, 0.29) is 17.4 Å². The Morgan fingerprint density at radius 3 is 2.16 bits per heavy atom. The van der Waals surface area contributed by atoms with Crippen molar-refractivity contribution < 1.29 is 15.0 Å². The maximum atomic E-state index is 12.7. The van der Waals surface area contributed by atoms with Crippen LogP contribution in [-0.4, -0.2) is 22.3 Å². The number of hydrogen-bond donors (Lipinski definition) is 2. The van der Waals surface area contributed by atoms with E-state index in [2.05, 4.69) is 41.2 Å². The van der Waals surface area contributed by atoms with E-state index in [1.165, 1.54) is 31.3 Å². The van der Waals surface area contributed by atoms with Gasteiger partial charge in [-0.1, -0.05) is 39.8 Å². The third kappa shape index (κ3) is 2.72. The fourth-order valence-electron chi connectivity index (χ4n) is 11.2. The molecule has 0 heterocycles. The Morgan fingerprint density at radius 2 is 1.50 bits per heavy atom. The summed E-state index contributed by atoms with van der Waals surface area (Å²) < 4.78 is 0. The van der Waals surface area contributed by atoms with Crippen molar-refractivity contribution in [2.45, 2.75) is 105 Å². The SMILES string of the molecule is C=C(C)C1CC[C@]2(C(=O)O)CCC3C(CCC4[C@@]5(C)CCC(O)C(C)(C)C5CC[C@]34C)C12. The van der Waals surface area contributed by atoms with Crippen molar-refractivity contribution in [1.82, 2.24) is 0 Å². The third-order valence-corrected chi connectivity index (χ3v) is 12.6. The summed E-state index contributed by atoms with van der Waals surface area (Å²) in [5.41, 5.74) is 1.30. The van der Waals surface area contributed by atoms with E-state index in [0.717, 1.165) is 38.5 Å². The highest BCUT2D eigenvalue weighted by Gasteiger charge is 2.68. The Bertz CT molecular complexity index is 815. The molecule has 7 unspecified atom stereocenters. The second-order valence-electron chi connectivity index (χ2n) is 13.9. The molecule has 3 nitrogen and oxygen atoms in total. The zero-order valence-corrected chi connectivity index (χ0v) is 21.1. The van der Waals surface area contributed by atoms with E-state index < -0.39 is 11.4 Å². The Balaban J connectivity index is 1.52. The lowest BCUT2D eigenvalue weighted by Crippen LogP contribution is -2.63. The fraction of sp³-hybridized carbons (Fsp3) is 0.897. The molecule has 5 aliphatic carbocycles. The lowest BCUT2D eigenvalue weighted by Gasteiger charge is -2.69. The van der Waals surface area contributed by atoms with Crippen molar-refractivity contribution in [3.63, 3.8) is 0 Å². The van der Waals surface area contributed by atoms with Gasteiger partial charge in [0.05, 0.1) is 11.5 Å². The molecule has 0 aromatic carbocycles. The number of carboxylic acids is 1. The number of fused-ring (bicyclic) bond motifs is 7. The van der Waals surface area contributed by atoms with Gasteiger partial charge in [-0.3, -0.25) is 4.79 Å². The zero-order chi connectivity index (χ0) is 23.3. The second kappa shape index (κ2) is 7.09. The maximum absolute atomic E-state index is 12.7. The molecular formula is C29H46O3. The van der Waals surface area contributed by atoms with Crippen LogP contribution in [0.15, 0.2) is 12.2 Å². The number of rotatable bonds is 2. The molecule has 0 bridgehead atoms. The highest BCUT2D eigenvalue weighted by Crippen LogP contribution is 2.73. The Morgan fingerprint density at radius 1 is 0.844 bits per heavy atom. The van der Waals surface area contributed by atoms with Crippen molar-refractivity contribution in [2.75, 3.05) is 0 Å². The van der Waals surface area contributed by atoms with E-state index in [0.29, 0.717) is 40.4 Å². The molecule has 32 heavy (non-hydrogen) atoms. The number of aliphatic hydroxyl groups excluding tert-OH is 1. The number of aliphatic carboxylic acids is 1. The second-order valence-corrected chi connectivity index (χ2v) is 13.9. The molecule has 0 aromatic rings. The minimum absolute atomic E-state index is 0.00724. The standard InChI is InChI=1S/C29H46O3/c1-17(2)18-9-15-29(25(31)32)16-10-20-19(24(18)29)7-8-22-27(20,5)13-11-21-26(3,4)23(30)12-14-28(21,22)6/h18-24,30H,1,7-16H2,2-6H3,(H,31,32)/t18?,19?,20?,21?,22?,23?,24?,27-,28+,29+/m1/s1. The van der Waals surface area contributed by atoms with Crippen LogP contribution in [-0.2, 0) is 4.79 Å². The molecule has 0 radical (unpaired) electrons. The van der Waals surface area contributed by atoms with Gasteiger partial charge in [-0.05, 0) is 123 Å². The summed E-state index contributed by atoms with van der Waals surface area (Å²) in [4.78, 5) is 12.7. The topological polar surface area (TPSA) is 57.5 Å². The summed E-state index contributed by atoms with van der Waals surface area (Å²) >= 11 is 0. The first-order chi connectivity index (χ1) is 14.9. The number of carbonyl (C=O) groups is 1. The van der Waals surface area contributed by atoms with E-state index in [9.17, 15) is 15.0 Å². The molecule has 0 spiro atoms. The van der Waals surface area contributed by atoms with E-state index >= 15 is 0 Å². The summed E-state index contributed by atoms with van der Waals surface area (Å²) in [5, 5.41) is 21.2. The summed E-state index contributed by atoms with van der Waals surface area (Å²) in [6.07, 6.45) is 10.6. The molecule has 2 N–H and O–H groups in total. The van der Waals surface area contributed by atoms with Crippen LogP contribution in [0.5, 0.6) is 0 Å². The Labute approximate surface area is 195 Å². The van der Waals surface area contributed by atoms with Gasteiger partial charge >= 0.3 is 5.97 Å². The van der Waals surface area contributed by atoms with Gasteiger partial charge in [0, 0.05) is 0 Å². The number of allylic oxidation sites excluding steroid dienone is 1. The van der Waals surface area contributed by atoms with Gasteiger partial charge in [0.15, 0.2) is 0 Å². The summed E-state index contributed by atoms with van der Waals surface area (Å²) in [6, 6.07) is 0. The van der Waals surface area contributed by atoms with Gasteiger partial charge in [0.25, 0.3) is 0 Å². The summed E-state index contributed by atoms with van der Waals surface area (Å²) in [7, 11) is 0. The van der Waals surface area contributed by atoms with Crippen LogP contribution >= 0.6 is 0 Å². The maximum Gasteiger partial charge on any atom is 0.309 e. The first kappa shape index (κ1) is 22.9. The highest BCUT2D eigenvalue weighted by molar-refractivity contribution is 5.76. The lowest BCUT2D eigenvalue weighted by molar-refractivity contribution is -0.217. The van der Waals surface area contributed by atoms with Crippen molar-refractivity contribution in [3.8, 4) is 0 Å². The summed E-state index contributed by atoms with van der Waals surface area (Å²) in [6.45, 7) is 16.2. The molecule has 5 fully saturated rings. The number of hydrogen-bond acceptors (Lipinski definition) is 2. The van der Waals surface area contributed by atoms with Gasteiger partial charge in [-0.2, -0.15) is 0 Å². The van der Waals surface area contributed by atoms with Gasteiger partial charge in [-0.25, -0.2) is 0 Å². The third-order valence-electron chi connectivity index (χ3n) is 12.6. The molecule has 0 amide bonds. The number of carboxylic acid groups (broad SMARTS) is 1. The monoisotopic (exact) mass is 442 g/mol. The van der Waals surface area contributed by atoms with Gasteiger partial charge < -0.3 is 10.2 Å². The van der Waals surface area contributed by atoms with Crippen molar-refractivity contribution >= 4 is 5.97 Å². The Kier molecular flexibility index (Phi) is 5.08. The van der Waals surface area contributed by atoms with Crippen LogP contribution in [0.1, 0.15) is 98.8 Å². The van der Waals surface area contributed by atoms with Crippen molar-refractivity contribution in [1.29, 1.82) is 0 Å². The highest BCUT2D eigenvalue weighted by atomic mass is 16.4. The van der Waals surface area contributed by atoms with Crippen LogP contribution in [0.3, 0.4) is 0 Å². The predicted molar refractivity (Wildman–Crippen MR) is 128 cm³/mol. The normalized spacial score (nSPS) is 54.0. The van der Waals surface area contributed by atoms with Crippen LogP contribution < -0.4 is 0 Å². The molecule has 5 rings (SSSR count). The van der Waals surface area contributed by atoms with Gasteiger partial charge in [-0.15, -0.1) is 0 Å². The molecule has 180 valence electrons. The van der Waals surface area contributed by atoms with Crippen LogP contribution in [0.25, 0.3) is 0 Å². The van der Waals surface area contributed by atoms with Crippen molar-refractivity contribution in [2.24, 2.45) is 57.2 Å². The summed E-state index contributed by atoms with van der Waals surface area (Å²) in [5.74, 6) is 2.60. The average Bonchev–Trinajstić information content (AvgIpc) is 3.12. The largest absolute Gasteiger partial charge is 0.481 e. The van der Waals surface area contributed by atoms with E-state index in [1.807, 2.05) is 0 Å². The molecule has 3 heteroatoms. The molecule has 0 aromatic heterocycles. The Hall–Kier alpha value is -0.830. The first-order valence-corrected chi connectivity index (χ1v) is 13.5. The fourth-order valence-corrected chi connectivity index (χ4v) is 11.2. The minimum Gasteiger partial charge on any atom is -0.481 e. The van der Waals surface area contributed by atoms with Gasteiger partial charge in [0.2, 0.25) is 0 Å². The van der Waals surface area contributed by atoms with E-state index in [1.54, 1.807) is 0 Å². The first-order valence-electron chi connectivity index (χ1n) is 13.5. The molecule has 0 saturated heterocycles.